The fourth-order valence-electron chi connectivity index (χ4n) is 1.77. The maximum Gasteiger partial charge on any atom is 0.127 e. The Morgan fingerprint density at radius 1 is 1.14 bits per heavy atom. The van der Waals surface area contributed by atoms with Gasteiger partial charge in [-0.3, -0.25) is 4.98 Å². The van der Waals surface area contributed by atoms with Gasteiger partial charge in [0.05, 0.1) is 17.5 Å². The van der Waals surface area contributed by atoms with Crippen molar-refractivity contribution in [2.75, 3.05) is 6.61 Å². The predicted octanol–water partition coefficient (Wildman–Crippen LogP) is 4.84. The van der Waals surface area contributed by atoms with Crippen LogP contribution in [-0.2, 0) is 12.5 Å². The number of pyridine rings is 1. The highest BCUT2D eigenvalue weighted by Crippen LogP contribution is 2.28. The van der Waals surface area contributed by atoms with Gasteiger partial charge in [-0.2, -0.15) is 0 Å². The molecule has 21 heavy (non-hydrogen) atoms. The van der Waals surface area contributed by atoms with Crippen LogP contribution in [0.15, 0.2) is 36.7 Å². The molecular weight excluding hydrogens is 309 g/mol. The number of alkyl halides is 1. The third kappa shape index (κ3) is 4.51. The van der Waals surface area contributed by atoms with Gasteiger partial charge in [0.15, 0.2) is 0 Å². The van der Waals surface area contributed by atoms with E-state index in [1.165, 1.54) is 0 Å². The molecule has 112 valence electrons. The van der Waals surface area contributed by atoms with E-state index in [0.29, 0.717) is 29.9 Å². The van der Waals surface area contributed by atoms with Crippen molar-refractivity contribution in [2.45, 2.75) is 25.8 Å². The van der Waals surface area contributed by atoms with Gasteiger partial charge in [-0.1, -0.05) is 24.6 Å². The van der Waals surface area contributed by atoms with E-state index in [9.17, 15) is 0 Å². The van der Waals surface area contributed by atoms with Gasteiger partial charge >= 0.3 is 0 Å². The van der Waals surface area contributed by atoms with Crippen molar-refractivity contribution in [3.05, 3.63) is 52.8 Å². The molecule has 0 bridgehead atoms. The summed E-state index contributed by atoms with van der Waals surface area (Å²) in [5.41, 5.74) is 1.80. The van der Waals surface area contributed by atoms with Crippen LogP contribution in [0.4, 0.5) is 0 Å². The van der Waals surface area contributed by atoms with Crippen LogP contribution in [-0.4, -0.2) is 11.6 Å². The van der Waals surface area contributed by atoms with Gasteiger partial charge in [-0.15, -0.1) is 11.6 Å². The second kappa shape index (κ2) is 8.11. The molecule has 5 heteroatoms. The summed E-state index contributed by atoms with van der Waals surface area (Å²) in [6.45, 7) is 3.11. The molecule has 0 atom stereocenters. The number of aromatic nitrogens is 1. The van der Waals surface area contributed by atoms with Gasteiger partial charge in [0, 0.05) is 29.6 Å². The molecule has 1 aromatic carbocycles. The summed E-state index contributed by atoms with van der Waals surface area (Å²) < 4.78 is 11.5. The lowest BCUT2D eigenvalue weighted by atomic mass is 10.2. The smallest absolute Gasteiger partial charge is 0.127 e. The van der Waals surface area contributed by atoms with Crippen LogP contribution >= 0.6 is 23.2 Å². The van der Waals surface area contributed by atoms with Crippen LogP contribution in [0.1, 0.15) is 24.5 Å². The normalized spacial score (nSPS) is 10.4. The third-order valence-electron chi connectivity index (χ3n) is 2.90. The largest absolute Gasteiger partial charge is 0.493 e. The van der Waals surface area contributed by atoms with E-state index in [1.54, 1.807) is 12.4 Å². The Kier molecular flexibility index (Phi) is 6.15. The van der Waals surface area contributed by atoms with Gasteiger partial charge in [-0.05, 0) is 18.6 Å². The molecule has 0 amide bonds. The minimum absolute atomic E-state index is 0.364. The Morgan fingerprint density at radius 3 is 2.71 bits per heavy atom. The zero-order valence-corrected chi connectivity index (χ0v) is 13.3. The number of nitrogens with zero attached hydrogens (tertiary/aromatic N) is 1. The van der Waals surface area contributed by atoms with E-state index in [1.807, 2.05) is 24.3 Å². The van der Waals surface area contributed by atoms with Crippen LogP contribution in [0, 0.1) is 0 Å². The van der Waals surface area contributed by atoms with Gasteiger partial charge < -0.3 is 9.47 Å². The van der Waals surface area contributed by atoms with Crippen molar-refractivity contribution in [1.82, 2.24) is 4.98 Å². The predicted molar refractivity (Wildman–Crippen MR) is 85.4 cm³/mol. The van der Waals surface area contributed by atoms with E-state index in [-0.39, 0.29) is 0 Å². The Hall–Kier alpha value is -1.45. The molecule has 1 heterocycles. The number of rotatable bonds is 7. The molecule has 0 aliphatic rings. The lowest BCUT2D eigenvalue weighted by Gasteiger charge is -2.13. The van der Waals surface area contributed by atoms with Crippen molar-refractivity contribution in [3.63, 3.8) is 0 Å². The minimum atomic E-state index is 0.364. The molecule has 0 saturated carbocycles. The van der Waals surface area contributed by atoms with Crippen LogP contribution < -0.4 is 9.47 Å². The molecule has 0 aliphatic heterocycles. The van der Waals surface area contributed by atoms with Gasteiger partial charge in [0.2, 0.25) is 0 Å². The quantitative estimate of drug-likeness (QED) is 0.682. The van der Waals surface area contributed by atoms with Crippen molar-refractivity contribution >= 4 is 23.2 Å². The van der Waals surface area contributed by atoms with E-state index in [0.717, 1.165) is 23.3 Å². The number of hydrogen-bond acceptors (Lipinski definition) is 3. The molecule has 2 rings (SSSR count). The zero-order chi connectivity index (χ0) is 15.1. The van der Waals surface area contributed by atoms with E-state index < -0.39 is 0 Å². The number of halogens is 2. The maximum absolute atomic E-state index is 6.07. The minimum Gasteiger partial charge on any atom is -0.493 e. The molecule has 0 aliphatic carbocycles. The summed E-state index contributed by atoms with van der Waals surface area (Å²) in [5, 5.41) is 0.586. The molecule has 0 spiro atoms. The fraction of sp³-hybridized carbons (Fsp3) is 0.312. The zero-order valence-electron chi connectivity index (χ0n) is 11.8. The standard InChI is InChI=1S/C16H17Cl2NO2/c1-2-7-20-14-4-3-12(9-17)16(8-14)21-11-13-5-6-19-10-15(13)18/h3-6,8,10H,2,7,9,11H2,1H3. The Morgan fingerprint density at radius 2 is 2.00 bits per heavy atom. The van der Waals surface area contributed by atoms with Crippen molar-refractivity contribution in [3.8, 4) is 11.5 Å². The summed E-state index contributed by atoms with van der Waals surface area (Å²) >= 11 is 12.0. The van der Waals surface area contributed by atoms with Crippen molar-refractivity contribution < 1.29 is 9.47 Å². The van der Waals surface area contributed by atoms with Gasteiger partial charge in [-0.25, -0.2) is 0 Å². The van der Waals surface area contributed by atoms with Crippen molar-refractivity contribution in [1.29, 1.82) is 0 Å². The second-order valence-corrected chi connectivity index (χ2v) is 5.18. The monoisotopic (exact) mass is 325 g/mol. The van der Waals surface area contributed by atoms with E-state index >= 15 is 0 Å². The number of hydrogen-bond donors (Lipinski definition) is 0. The molecule has 0 N–H and O–H groups in total. The summed E-state index contributed by atoms with van der Waals surface area (Å²) in [6, 6.07) is 7.52. The Balaban J connectivity index is 2.12. The fourth-order valence-corrected chi connectivity index (χ4v) is 2.16. The van der Waals surface area contributed by atoms with E-state index in [2.05, 4.69) is 11.9 Å². The second-order valence-electron chi connectivity index (χ2n) is 4.51. The highest BCUT2D eigenvalue weighted by Gasteiger charge is 2.07. The lowest BCUT2D eigenvalue weighted by Crippen LogP contribution is -2.01. The molecule has 1 aromatic heterocycles. The molecule has 0 unspecified atom stereocenters. The van der Waals surface area contributed by atoms with Gasteiger partial charge in [0.1, 0.15) is 18.1 Å². The molecule has 3 nitrogen and oxygen atoms in total. The summed E-state index contributed by atoms with van der Waals surface area (Å²) in [7, 11) is 0. The number of ether oxygens (including phenoxy) is 2. The Bertz CT molecular complexity index is 590. The molecule has 0 fully saturated rings. The summed E-state index contributed by atoms with van der Waals surface area (Å²) in [5.74, 6) is 1.88. The van der Waals surface area contributed by atoms with Crippen molar-refractivity contribution in [2.24, 2.45) is 0 Å². The Labute approximate surface area is 134 Å². The van der Waals surface area contributed by atoms with Crippen LogP contribution in [0.3, 0.4) is 0 Å². The molecule has 2 aromatic rings. The molecule has 0 radical (unpaired) electrons. The SMILES string of the molecule is CCCOc1ccc(CCl)c(OCc2ccncc2Cl)c1. The van der Waals surface area contributed by atoms with Gasteiger partial charge in [0.25, 0.3) is 0 Å². The van der Waals surface area contributed by atoms with Crippen LogP contribution in [0.5, 0.6) is 11.5 Å². The molecular formula is C16H17Cl2NO2. The lowest BCUT2D eigenvalue weighted by molar-refractivity contribution is 0.293. The molecule has 0 saturated heterocycles. The maximum atomic E-state index is 6.07. The highest BCUT2D eigenvalue weighted by molar-refractivity contribution is 6.31. The first kappa shape index (κ1) is 15.9. The summed E-state index contributed by atoms with van der Waals surface area (Å²) in [6.07, 6.45) is 4.25. The topological polar surface area (TPSA) is 31.4 Å². The summed E-state index contributed by atoms with van der Waals surface area (Å²) in [4.78, 5) is 3.95. The van der Waals surface area contributed by atoms with Crippen LogP contribution in [0.2, 0.25) is 5.02 Å². The van der Waals surface area contributed by atoms with E-state index in [4.69, 9.17) is 32.7 Å². The highest BCUT2D eigenvalue weighted by atomic mass is 35.5. The van der Waals surface area contributed by atoms with Crippen LogP contribution in [0.25, 0.3) is 0 Å². The first-order chi connectivity index (χ1) is 10.2. The first-order valence-electron chi connectivity index (χ1n) is 6.77. The average Bonchev–Trinajstić information content (AvgIpc) is 2.52. The first-order valence-corrected chi connectivity index (χ1v) is 7.68. The number of benzene rings is 1. The average molecular weight is 326 g/mol. The third-order valence-corrected chi connectivity index (χ3v) is 3.52.